The Bertz CT molecular complexity index is 216. The summed E-state index contributed by atoms with van der Waals surface area (Å²) in [6.07, 6.45) is 5.35. The number of nitrogens with zero attached hydrogens (tertiary/aromatic N) is 2. The van der Waals surface area contributed by atoms with Crippen molar-refractivity contribution >= 4 is 5.78 Å². The van der Waals surface area contributed by atoms with E-state index in [1.165, 1.54) is 6.42 Å². The van der Waals surface area contributed by atoms with Gasteiger partial charge in [0.1, 0.15) is 5.78 Å². The molecule has 1 aliphatic carbocycles. The summed E-state index contributed by atoms with van der Waals surface area (Å²) in [7, 11) is 6.38. The van der Waals surface area contributed by atoms with Crippen LogP contribution in [0.15, 0.2) is 0 Å². The molecule has 0 amide bonds. The van der Waals surface area contributed by atoms with E-state index in [1.54, 1.807) is 0 Å². The smallest absolute Gasteiger partial charge is 0.136 e. The molecule has 1 unspecified atom stereocenters. The third-order valence-electron chi connectivity index (χ3n) is 3.44. The second kappa shape index (κ2) is 7.02. The van der Waals surface area contributed by atoms with Crippen molar-refractivity contribution in [3.63, 3.8) is 0 Å². The zero-order chi connectivity index (χ0) is 12.0. The molecule has 1 aliphatic rings. The number of hydrogen-bond acceptors (Lipinski definition) is 3. The van der Waals surface area contributed by atoms with E-state index in [9.17, 15) is 4.79 Å². The lowest BCUT2D eigenvalue weighted by molar-refractivity contribution is -0.120. The minimum atomic E-state index is 0.372. The van der Waals surface area contributed by atoms with Gasteiger partial charge in [0.2, 0.25) is 0 Å². The van der Waals surface area contributed by atoms with Crippen molar-refractivity contribution in [3.8, 4) is 0 Å². The highest BCUT2D eigenvalue weighted by molar-refractivity contribution is 5.82. The van der Waals surface area contributed by atoms with Crippen LogP contribution in [0.3, 0.4) is 0 Å². The molecule has 0 heterocycles. The quantitative estimate of drug-likeness (QED) is 0.659. The monoisotopic (exact) mass is 226 g/mol. The first-order chi connectivity index (χ1) is 7.59. The predicted octanol–water partition coefficient (Wildman–Crippen LogP) is 1.63. The molecule has 0 aliphatic heterocycles. The van der Waals surface area contributed by atoms with Gasteiger partial charge in [0.05, 0.1) is 0 Å². The number of Topliss-reactive ketones (excluding diaryl/α,β-unsaturated/α-hetero) is 1. The van der Waals surface area contributed by atoms with Gasteiger partial charge in [-0.1, -0.05) is 0 Å². The van der Waals surface area contributed by atoms with E-state index in [0.29, 0.717) is 11.7 Å². The van der Waals surface area contributed by atoms with Gasteiger partial charge in [-0.15, -0.1) is 0 Å². The molecule has 0 aromatic heterocycles. The Balaban J connectivity index is 2.05. The van der Waals surface area contributed by atoms with E-state index in [0.717, 1.165) is 45.3 Å². The van der Waals surface area contributed by atoms with E-state index < -0.39 is 0 Å². The van der Waals surface area contributed by atoms with Crippen LogP contribution in [0.4, 0.5) is 0 Å². The van der Waals surface area contributed by atoms with Gasteiger partial charge in [-0.25, -0.2) is 0 Å². The molecule has 16 heavy (non-hydrogen) atoms. The van der Waals surface area contributed by atoms with E-state index in [2.05, 4.69) is 30.9 Å². The van der Waals surface area contributed by atoms with Crippen LogP contribution in [0.1, 0.15) is 32.1 Å². The van der Waals surface area contributed by atoms with Gasteiger partial charge in [-0.3, -0.25) is 4.79 Å². The molecule has 1 atom stereocenters. The number of carbonyl (C=O) groups is 1. The first-order valence-electron chi connectivity index (χ1n) is 6.45. The summed E-state index contributed by atoms with van der Waals surface area (Å²) in [6, 6.07) is 0. The van der Waals surface area contributed by atoms with Crippen molar-refractivity contribution in [2.75, 3.05) is 40.8 Å². The summed E-state index contributed by atoms with van der Waals surface area (Å²) in [5, 5.41) is 0. The van der Waals surface area contributed by atoms with Gasteiger partial charge in [0.25, 0.3) is 0 Å². The molecule has 1 saturated carbocycles. The molecule has 0 bridgehead atoms. The van der Waals surface area contributed by atoms with Gasteiger partial charge >= 0.3 is 0 Å². The topological polar surface area (TPSA) is 23.6 Å². The van der Waals surface area contributed by atoms with Crippen LogP contribution < -0.4 is 0 Å². The lowest BCUT2D eigenvalue weighted by Gasteiger charge is -2.19. The normalized spacial score (nSPS) is 21.3. The Morgan fingerprint density at radius 2 is 1.94 bits per heavy atom. The molecule has 0 aromatic rings. The van der Waals surface area contributed by atoms with Crippen molar-refractivity contribution < 1.29 is 4.79 Å². The molecule has 3 nitrogen and oxygen atoms in total. The summed E-state index contributed by atoms with van der Waals surface area (Å²) in [4.78, 5) is 16.0. The SMILES string of the molecule is CN(C)CCCN(C)CCC1CCCC1=O. The van der Waals surface area contributed by atoms with Crippen LogP contribution in [0, 0.1) is 5.92 Å². The Labute approximate surface area is 99.8 Å². The van der Waals surface area contributed by atoms with Crippen LogP contribution in [0.25, 0.3) is 0 Å². The Hall–Kier alpha value is -0.410. The average Bonchev–Trinajstić information content (AvgIpc) is 2.60. The highest BCUT2D eigenvalue weighted by Crippen LogP contribution is 2.24. The van der Waals surface area contributed by atoms with Crippen LogP contribution in [0.5, 0.6) is 0 Å². The second-order valence-corrected chi connectivity index (χ2v) is 5.30. The second-order valence-electron chi connectivity index (χ2n) is 5.30. The van der Waals surface area contributed by atoms with Crippen LogP contribution in [-0.4, -0.2) is 56.4 Å². The highest BCUT2D eigenvalue weighted by atomic mass is 16.1. The fraction of sp³-hybridized carbons (Fsp3) is 0.923. The maximum absolute atomic E-state index is 11.5. The van der Waals surface area contributed by atoms with Crippen LogP contribution >= 0.6 is 0 Å². The Kier molecular flexibility index (Phi) is 5.99. The summed E-state index contributed by atoms with van der Waals surface area (Å²) < 4.78 is 0. The van der Waals surface area contributed by atoms with E-state index >= 15 is 0 Å². The molecule has 94 valence electrons. The first kappa shape index (κ1) is 13.7. The zero-order valence-electron chi connectivity index (χ0n) is 11.0. The van der Waals surface area contributed by atoms with E-state index in [-0.39, 0.29) is 0 Å². The van der Waals surface area contributed by atoms with Gasteiger partial charge in [0.15, 0.2) is 0 Å². The average molecular weight is 226 g/mol. The molecule has 1 rings (SSSR count). The fourth-order valence-electron chi connectivity index (χ4n) is 2.34. The fourth-order valence-corrected chi connectivity index (χ4v) is 2.34. The number of rotatable bonds is 7. The molecular weight excluding hydrogens is 200 g/mol. The molecule has 0 N–H and O–H groups in total. The van der Waals surface area contributed by atoms with Gasteiger partial charge < -0.3 is 9.80 Å². The molecule has 0 aromatic carbocycles. The van der Waals surface area contributed by atoms with Crippen LogP contribution in [-0.2, 0) is 4.79 Å². The lowest BCUT2D eigenvalue weighted by Crippen LogP contribution is -2.26. The summed E-state index contributed by atoms with van der Waals surface area (Å²) in [5.74, 6) is 0.873. The van der Waals surface area contributed by atoms with Crippen molar-refractivity contribution in [2.24, 2.45) is 5.92 Å². The molecular formula is C13H26N2O. The zero-order valence-corrected chi connectivity index (χ0v) is 11.0. The predicted molar refractivity (Wildman–Crippen MR) is 67.6 cm³/mol. The lowest BCUT2D eigenvalue weighted by atomic mass is 10.0. The third kappa shape index (κ3) is 5.08. The first-order valence-corrected chi connectivity index (χ1v) is 6.45. The Morgan fingerprint density at radius 1 is 1.19 bits per heavy atom. The van der Waals surface area contributed by atoms with E-state index in [1.807, 2.05) is 0 Å². The maximum atomic E-state index is 11.5. The van der Waals surface area contributed by atoms with Gasteiger partial charge in [0, 0.05) is 12.3 Å². The summed E-state index contributed by atoms with van der Waals surface area (Å²) >= 11 is 0. The van der Waals surface area contributed by atoms with Crippen molar-refractivity contribution in [3.05, 3.63) is 0 Å². The molecule has 0 spiro atoms. The van der Waals surface area contributed by atoms with Crippen molar-refractivity contribution in [1.29, 1.82) is 0 Å². The number of carbonyl (C=O) groups excluding carboxylic acids is 1. The number of hydrogen-bond donors (Lipinski definition) is 0. The third-order valence-corrected chi connectivity index (χ3v) is 3.44. The minimum Gasteiger partial charge on any atom is -0.309 e. The van der Waals surface area contributed by atoms with Gasteiger partial charge in [-0.2, -0.15) is 0 Å². The Morgan fingerprint density at radius 3 is 2.50 bits per heavy atom. The highest BCUT2D eigenvalue weighted by Gasteiger charge is 2.23. The molecule has 3 heteroatoms. The summed E-state index contributed by atoms with van der Waals surface area (Å²) in [5.41, 5.74) is 0. The standard InChI is InChI=1S/C13H26N2O/c1-14(2)9-5-10-15(3)11-8-12-6-4-7-13(12)16/h12H,4-11H2,1-3H3. The van der Waals surface area contributed by atoms with Crippen molar-refractivity contribution in [1.82, 2.24) is 9.80 Å². The van der Waals surface area contributed by atoms with Gasteiger partial charge in [-0.05, 0) is 66.5 Å². The molecule has 0 radical (unpaired) electrons. The van der Waals surface area contributed by atoms with E-state index in [4.69, 9.17) is 0 Å². The van der Waals surface area contributed by atoms with Crippen LogP contribution in [0.2, 0.25) is 0 Å². The molecule has 1 fully saturated rings. The minimum absolute atomic E-state index is 0.372. The summed E-state index contributed by atoms with van der Waals surface area (Å²) in [6.45, 7) is 3.36. The molecule has 0 saturated heterocycles. The number of ketones is 1. The van der Waals surface area contributed by atoms with Crippen molar-refractivity contribution in [2.45, 2.75) is 32.1 Å². The maximum Gasteiger partial charge on any atom is 0.136 e. The largest absolute Gasteiger partial charge is 0.309 e.